The average molecular weight is 488 g/mol. The molecule has 2 aromatic rings. The topological polar surface area (TPSA) is 96.0 Å². The molecule has 1 fully saturated rings. The molecular weight excluding hydrogens is 454 g/mol. The largest absolute Gasteiger partial charge is 0.459 e. The van der Waals surface area contributed by atoms with Gasteiger partial charge < -0.3 is 10.1 Å². The van der Waals surface area contributed by atoms with Crippen LogP contribution in [0.2, 0.25) is 0 Å². The molecule has 0 aromatic heterocycles. The Morgan fingerprint density at radius 2 is 1.59 bits per heavy atom. The molecule has 1 heterocycles. The molecule has 3 rings (SSSR count). The van der Waals surface area contributed by atoms with Crippen molar-refractivity contribution in [3.05, 3.63) is 59.7 Å². The maximum Gasteiger partial charge on any atom is 0.338 e. The van der Waals surface area contributed by atoms with Crippen LogP contribution in [-0.2, 0) is 26.0 Å². The molecule has 1 N–H and O–H groups in total. The van der Waals surface area contributed by atoms with Gasteiger partial charge in [0.25, 0.3) is 0 Å². The van der Waals surface area contributed by atoms with Gasteiger partial charge in [-0.2, -0.15) is 4.31 Å². The number of carbonyl (C=O) groups excluding carboxylic acids is 2. The van der Waals surface area contributed by atoms with E-state index in [2.05, 4.69) is 12.2 Å². The van der Waals surface area contributed by atoms with E-state index in [0.717, 1.165) is 18.4 Å². The number of rotatable bonds is 9. The van der Waals surface area contributed by atoms with Gasteiger partial charge in [0.2, 0.25) is 15.9 Å². The minimum absolute atomic E-state index is 0.163. The highest BCUT2D eigenvalue weighted by atomic mass is 32.2. The molecule has 0 unspecified atom stereocenters. The molecule has 1 aliphatic heterocycles. The molecule has 0 atom stereocenters. The molecule has 0 bridgehead atoms. The summed E-state index contributed by atoms with van der Waals surface area (Å²) < 4.78 is 32.5. The zero-order valence-electron chi connectivity index (χ0n) is 20.0. The van der Waals surface area contributed by atoms with Gasteiger partial charge in [-0.15, -0.1) is 0 Å². The summed E-state index contributed by atoms with van der Waals surface area (Å²) in [5.74, 6) is -0.599. The van der Waals surface area contributed by atoms with E-state index >= 15 is 0 Å². The normalized spacial score (nSPS) is 15.3. The van der Waals surface area contributed by atoms with E-state index in [0.29, 0.717) is 42.3 Å². The molecule has 1 saturated heterocycles. The summed E-state index contributed by atoms with van der Waals surface area (Å²) in [6.45, 7) is 7.43. The number of anilines is 1. The van der Waals surface area contributed by atoms with Crippen LogP contribution in [0.4, 0.5) is 5.69 Å². The van der Waals surface area contributed by atoms with Crippen LogP contribution in [0, 0.1) is 0 Å². The Balaban J connectivity index is 1.49. The summed E-state index contributed by atoms with van der Waals surface area (Å²) in [5, 5.41) is 2.81. The summed E-state index contributed by atoms with van der Waals surface area (Å²) in [4.78, 5) is 26.6. The Labute approximate surface area is 201 Å². The van der Waals surface area contributed by atoms with E-state index < -0.39 is 16.0 Å². The number of esters is 1. The van der Waals surface area contributed by atoms with E-state index in [1.165, 1.54) is 4.31 Å². The first-order valence-electron chi connectivity index (χ1n) is 11.6. The number of carbonyl (C=O) groups is 2. The molecule has 1 amide bonds. The Morgan fingerprint density at radius 1 is 0.971 bits per heavy atom. The zero-order chi connectivity index (χ0) is 24.7. The quantitative estimate of drug-likeness (QED) is 0.546. The molecule has 0 aliphatic carbocycles. The summed E-state index contributed by atoms with van der Waals surface area (Å²) in [6, 6.07) is 13.6. The van der Waals surface area contributed by atoms with Crippen molar-refractivity contribution in [2.45, 2.75) is 44.6 Å². The first-order valence-corrected chi connectivity index (χ1v) is 13.1. The fourth-order valence-electron chi connectivity index (χ4n) is 3.77. The number of ether oxygens (including phenoxy) is 1. The summed E-state index contributed by atoms with van der Waals surface area (Å²) >= 11 is 0. The Hall–Kier alpha value is -2.75. The smallest absolute Gasteiger partial charge is 0.338 e. The second-order valence-corrected chi connectivity index (χ2v) is 10.6. The zero-order valence-corrected chi connectivity index (χ0v) is 20.8. The van der Waals surface area contributed by atoms with Gasteiger partial charge in [-0.3, -0.25) is 9.69 Å². The van der Waals surface area contributed by atoms with Gasteiger partial charge in [-0.25, -0.2) is 13.2 Å². The monoisotopic (exact) mass is 487 g/mol. The number of nitrogens with one attached hydrogen (secondary N) is 1. The third kappa shape index (κ3) is 6.88. The third-order valence-electron chi connectivity index (χ3n) is 5.55. The fraction of sp³-hybridized carbons (Fsp3) is 0.440. The van der Waals surface area contributed by atoms with Crippen molar-refractivity contribution in [2.24, 2.45) is 0 Å². The highest BCUT2D eigenvalue weighted by Crippen LogP contribution is 2.19. The number of hydrogen-bond acceptors (Lipinski definition) is 6. The second kappa shape index (κ2) is 11.6. The van der Waals surface area contributed by atoms with Crippen LogP contribution in [0.5, 0.6) is 0 Å². The standard InChI is InChI=1S/C25H33N3O5S/c1-4-5-20-6-12-23(13-7-20)34(31,32)28-16-14-27(15-17-28)18-24(29)26-22-10-8-21(9-11-22)25(30)33-19(2)3/h6-13,19H,4-5,14-18H2,1-3H3,(H,26,29). The molecule has 9 heteroatoms. The number of benzene rings is 2. The Bertz CT molecular complexity index is 1070. The van der Waals surface area contributed by atoms with Crippen LogP contribution < -0.4 is 5.32 Å². The van der Waals surface area contributed by atoms with E-state index in [1.807, 2.05) is 17.0 Å². The molecule has 1 aliphatic rings. The van der Waals surface area contributed by atoms with Crippen molar-refractivity contribution in [1.29, 1.82) is 0 Å². The number of aryl methyl sites for hydroxylation is 1. The van der Waals surface area contributed by atoms with Gasteiger partial charge in [0.15, 0.2) is 0 Å². The Kier molecular flexibility index (Phi) is 8.82. The van der Waals surface area contributed by atoms with Crippen LogP contribution in [0.25, 0.3) is 0 Å². The molecular formula is C25H33N3O5S. The molecule has 0 spiro atoms. The predicted octanol–water partition coefficient (Wildman–Crippen LogP) is 3.15. The number of amides is 1. The molecule has 0 radical (unpaired) electrons. The van der Waals surface area contributed by atoms with E-state index in [9.17, 15) is 18.0 Å². The lowest BCUT2D eigenvalue weighted by molar-refractivity contribution is -0.117. The van der Waals surface area contributed by atoms with Crippen molar-refractivity contribution in [1.82, 2.24) is 9.21 Å². The van der Waals surface area contributed by atoms with Gasteiger partial charge in [-0.05, 0) is 62.2 Å². The predicted molar refractivity (Wildman–Crippen MR) is 131 cm³/mol. The SMILES string of the molecule is CCCc1ccc(S(=O)(=O)N2CCN(CC(=O)Nc3ccc(C(=O)OC(C)C)cc3)CC2)cc1. The maximum absolute atomic E-state index is 13.0. The van der Waals surface area contributed by atoms with Crippen LogP contribution in [0.1, 0.15) is 43.1 Å². The molecule has 0 saturated carbocycles. The highest BCUT2D eigenvalue weighted by Gasteiger charge is 2.29. The van der Waals surface area contributed by atoms with Crippen molar-refractivity contribution in [3.8, 4) is 0 Å². The third-order valence-corrected chi connectivity index (χ3v) is 7.46. The van der Waals surface area contributed by atoms with Gasteiger partial charge in [0.1, 0.15) is 0 Å². The summed E-state index contributed by atoms with van der Waals surface area (Å²) in [6.07, 6.45) is 1.74. The fourth-order valence-corrected chi connectivity index (χ4v) is 5.19. The lowest BCUT2D eigenvalue weighted by Crippen LogP contribution is -2.50. The molecule has 2 aromatic carbocycles. The van der Waals surface area contributed by atoms with E-state index in [-0.39, 0.29) is 18.6 Å². The van der Waals surface area contributed by atoms with Crippen LogP contribution >= 0.6 is 0 Å². The first kappa shape index (κ1) is 25.9. The van der Waals surface area contributed by atoms with Gasteiger partial charge in [0.05, 0.1) is 23.1 Å². The van der Waals surface area contributed by atoms with Crippen molar-refractivity contribution in [2.75, 3.05) is 38.0 Å². The molecule has 34 heavy (non-hydrogen) atoms. The van der Waals surface area contributed by atoms with Crippen molar-refractivity contribution in [3.63, 3.8) is 0 Å². The summed E-state index contributed by atoms with van der Waals surface area (Å²) in [7, 11) is -3.54. The second-order valence-electron chi connectivity index (χ2n) is 8.65. The van der Waals surface area contributed by atoms with Crippen molar-refractivity contribution < 1.29 is 22.7 Å². The van der Waals surface area contributed by atoms with E-state index in [1.54, 1.807) is 50.2 Å². The van der Waals surface area contributed by atoms with Gasteiger partial charge in [-0.1, -0.05) is 25.5 Å². The highest BCUT2D eigenvalue weighted by molar-refractivity contribution is 7.89. The lowest BCUT2D eigenvalue weighted by atomic mass is 10.1. The number of hydrogen-bond donors (Lipinski definition) is 1. The first-order chi connectivity index (χ1) is 16.2. The Morgan fingerprint density at radius 3 is 2.15 bits per heavy atom. The van der Waals surface area contributed by atoms with E-state index in [4.69, 9.17) is 4.74 Å². The maximum atomic E-state index is 13.0. The minimum atomic E-state index is -3.54. The average Bonchev–Trinajstić information content (AvgIpc) is 2.80. The lowest BCUT2D eigenvalue weighted by Gasteiger charge is -2.33. The molecule has 184 valence electrons. The van der Waals surface area contributed by atoms with Crippen molar-refractivity contribution >= 4 is 27.6 Å². The number of piperazine rings is 1. The van der Waals surface area contributed by atoms with Crippen LogP contribution in [0.3, 0.4) is 0 Å². The van der Waals surface area contributed by atoms with Crippen LogP contribution in [-0.4, -0.2) is 68.3 Å². The van der Waals surface area contributed by atoms with Gasteiger partial charge >= 0.3 is 5.97 Å². The van der Waals surface area contributed by atoms with Gasteiger partial charge in [0, 0.05) is 31.9 Å². The number of sulfonamides is 1. The minimum Gasteiger partial charge on any atom is -0.459 e. The van der Waals surface area contributed by atoms with Crippen LogP contribution in [0.15, 0.2) is 53.4 Å². The summed E-state index contributed by atoms with van der Waals surface area (Å²) in [5.41, 5.74) is 2.13. The molecule has 8 nitrogen and oxygen atoms in total. The number of nitrogens with zero attached hydrogens (tertiary/aromatic N) is 2.